The number of ether oxygens (including phenoxy) is 2. The minimum Gasteiger partial charge on any atom is -0.496 e. The number of benzene rings is 4. The van der Waals surface area contributed by atoms with Crippen LogP contribution < -0.4 is 20.1 Å². The van der Waals surface area contributed by atoms with Crippen molar-refractivity contribution in [2.24, 2.45) is 17.8 Å². The number of fused-ring (bicyclic) bond motifs is 2. The minimum absolute atomic E-state index is 0.0241. The molecule has 0 aromatic heterocycles. The minimum atomic E-state index is -5.63. The highest BCUT2D eigenvalue weighted by Crippen LogP contribution is 2.45. The zero-order chi connectivity index (χ0) is 34.9. The van der Waals surface area contributed by atoms with Gasteiger partial charge in [-0.25, -0.2) is 12.8 Å². The first kappa shape index (κ1) is 33.7. The van der Waals surface area contributed by atoms with E-state index in [9.17, 15) is 31.2 Å². The molecule has 0 saturated heterocycles. The van der Waals surface area contributed by atoms with E-state index in [1.54, 1.807) is 24.3 Å². The third-order valence-electron chi connectivity index (χ3n) is 8.72. The number of carbonyl (C=O) groups is 2. The number of hydrogen-bond acceptors (Lipinski definition) is 6. The average Bonchev–Trinajstić information content (AvgIpc) is 3.70. The quantitative estimate of drug-likeness (QED) is 0.138. The van der Waals surface area contributed by atoms with E-state index < -0.39 is 49.8 Å². The molecule has 2 aliphatic rings. The number of hydrogen-bond donors (Lipinski definition) is 2. The summed E-state index contributed by atoms with van der Waals surface area (Å²) < 4.78 is 89.6. The van der Waals surface area contributed by atoms with Crippen molar-refractivity contribution in [1.29, 1.82) is 0 Å². The lowest BCUT2D eigenvalue weighted by Crippen LogP contribution is -2.47. The Kier molecular flexibility index (Phi) is 9.21. The van der Waals surface area contributed by atoms with Crippen molar-refractivity contribution in [1.82, 2.24) is 5.32 Å². The van der Waals surface area contributed by atoms with Gasteiger partial charge in [-0.3, -0.25) is 9.59 Å². The van der Waals surface area contributed by atoms with E-state index in [1.807, 2.05) is 42.5 Å². The van der Waals surface area contributed by atoms with Crippen LogP contribution in [0.2, 0.25) is 0 Å². The molecule has 0 heterocycles. The van der Waals surface area contributed by atoms with Gasteiger partial charge in [0.1, 0.15) is 23.9 Å². The molecule has 4 aromatic rings. The number of rotatable bonds is 10. The molecular weight excluding hydrogens is 664 g/mol. The van der Waals surface area contributed by atoms with Gasteiger partial charge in [-0.15, -0.1) is 0 Å². The van der Waals surface area contributed by atoms with Crippen LogP contribution in [0.1, 0.15) is 22.3 Å². The second-order valence-corrected chi connectivity index (χ2v) is 13.7. The molecule has 13 heteroatoms. The first-order chi connectivity index (χ1) is 23.4. The number of halogens is 4. The maximum absolute atomic E-state index is 15.3. The molecule has 254 valence electrons. The molecule has 2 aliphatic carbocycles. The van der Waals surface area contributed by atoms with E-state index in [4.69, 9.17) is 9.47 Å². The second kappa shape index (κ2) is 13.4. The summed E-state index contributed by atoms with van der Waals surface area (Å²) in [4.78, 5) is 26.2. The SMILES string of the molecule is COc1cc(F)c(-c2ccc(OCc3ccccc3)cc2)cc1C(=O)N[C@H]1[C@@H](C(=O)Nc2cccc(S(=O)(=O)C(F)(F)F)c2)[C@@H]2C=C[C@H]1C2. The van der Waals surface area contributed by atoms with Crippen molar-refractivity contribution in [3.8, 4) is 22.6 Å². The van der Waals surface area contributed by atoms with E-state index in [1.165, 1.54) is 19.2 Å². The normalized spacial score (nSPS) is 19.8. The highest BCUT2D eigenvalue weighted by atomic mass is 32.2. The van der Waals surface area contributed by atoms with E-state index in [2.05, 4.69) is 10.6 Å². The lowest BCUT2D eigenvalue weighted by atomic mass is 9.87. The number of carbonyl (C=O) groups excluding carboxylic acids is 2. The topological polar surface area (TPSA) is 111 Å². The van der Waals surface area contributed by atoms with Crippen LogP contribution in [-0.4, -0.2) is 38.9 Å². The molecule has 49 heavy (non-hydrogen) atoms. The van der Waals surface area contributed by atoms with Crippen molar-refractivity contribution in [3.63, 3.8) is 0 Å². The van der Waals surface area contributed by atoms with Gasteiger partial charge in [0, 0.05) is 23.4 Å². The molecule has 4 atom stereocenters. The average molecular weight is 695 g/mol. The Hall–Kier alpha value is -5.17. The van der Waals surface area contributed by atoms with Crippen LogP contribution in [0.5, 0.6) is 11.5 Å². The molecule has 0 spiro atoms. The van der Waals surface area contributed by atoms with Gasteiger partial charge in [-0.1, -0.05) is 60.7 Å². The fourth-order valence-corrected chi connectivity index (χ4v) is 7.11. The lowest BCUT2D eigenvalue weighted by Gasteiger charge is -2.28. The Balaban J connectivity index is 1.20. The summed E-state index contributed by atoms with van der Waals surface area (Å²) in [6, 6.07) is 22.0. The van der Waals surface area contributed by atoms with Crippen molar-refractivity contribution < 1.29 is 45.0 Å². The van der Waals surface area contributed by atoms with Crippen LogP contribution in [0.4, 0.5) is 23.2 Å². The van der Waals surface area contributed by atoms with Gasteiger partial charge in [-0.05, 0) is 65.8 Å². The van der Waals surface area contributed by atoms with Gasteiger partial charge in [0.15, 0.2) is 0 Å². The fraction of sp³-hybridized carbons (Fsp3) is 0.222. The van der Waals surface area contributed by atoms with Crippen molar-refractivity contribution in [2.45, 2.75) is 29.5 Å². The Morgan fingerprint density at radius 2 is 1.61 bits per heavy atom. The molecule has 0 unspecified atom stereocenters. The van der Waals surface area contributed by atoms with Gasteiger partial charge < -0.3 is 20.1 Å². The molecule has 0 radical (unpaired) electrons. The summed E-state index contributed by atoms with van der Waals surface area (Å²) in [7, 11) is -4.33. The van der Waals surface area contributed by atoms with Crippen LogP contribution in [-0.2, 0) is 21.2 Å². The predicted octanol–water partition coefficient (Wildman–Crippen LogP) is 6.93. The maximum atomic E-state index is 15.3. The third kappa shape index (κ3) is 6.89. The Labute approximate surface area is 279 Å². The fourth-order valence-electron chi connectivity index (χ4n) is 6.30. The van der Waals surface area contributed by atoms with Gasteiger partial charge in [0.05, 0.1) is 23.5 Å². The van der Waals surface area contributed by atoms with Gasteiger partial charge in [0.2, 0.25) is 5.91 Å². The number of methoxy groups -OCH3 is 1. The van der Waals surface area contributed by atoms with Crippen LogP contribution in [0.15, 0.2) is 108 Å². The molecule has 6 rings (SSSR count). The standard InChI is InChI=1S/C36H30F4N2O6S/c1-47-31-19-30(37)28(22-12-14-26(15-13-22)48-20-21-6-3-2-4-7-21)18-29(31)34(43)42-33-24-11-10-23(16-24)32(33)35(44)41-25-8-5-9-27(17-25)49(45,46)36(38,39)40/h2-15,17-19,23-24,32-33H,16,20H2,1H3,(H,41,44)(H,42,43)/t23-,24+,32+,33-/m1/s1. The Bertz CT molecular complexity index is 2020. The maximum Gasteiger partial charge on any atom is 0.501 e. The molecule has 1 fully saturated rings. The van der Waals surface area contributed by atoms with Crippen molar-refractivity contribution in [3.05, 3.63) is 120 Å². The first-order valence-electron chi connectivity index (χ1n) is 15.2. The zero-order valence-electron chi connectivity index (χ0n) is 25.9. The predicted molar refractivity (Wildman–Crippen MR) is 173 cm³/mol. The second-order valence-electron chi connectivity index (χ2n) is 11.8. The number of anilines is 1. The summed E-state index contributed by atoms with van der Waals surface area (Å²) in [5.74, 6) is -2.64. The van der Waals surface area contributed by atoms with E-state index >= 15 is 4.39 Å². The van der Waals surface area contributed by atoms with Gasteiger partial charge in [0.25, 0.3) is 15.7 Å². The first-order valence-corrected chi connectivity index (χ1v) is 16.7. The molecule has 4 aromatic carbocycles. The van der Waals surface area contributed by atoms with Gasteiger partial charge >= 0.3 is 5.51 Å². The highest BCUT2D eigenvalue weighted by Gasteiger charge is 2.49. The highest BCUT2D eigenvalue weighted by molar-refractivity contribution is 7.92. The molecule has 2 amide bonds. The zero-order valence-corrected chi connectivity index (χ0v) is 26.7. The Morgan fingerprint density at radius 3 is 2.31 bits per heavy atom. The van der Waals surface area contributed by atoms with Crippen molar-refractivity contribution in [2.75, 3.05) is 12.4 Å². The van der Waals surface area contributed by atoms with Crippen LogP contribution in [0.3, 0.4) is 0 Å². The number of sulfone groups is 1. The summed E-state index contributed by atoms with van der Waals surface area (Å²) in [5.41, 5.74) is -4.03. The summed E-state index contributed by atoms with van der Waals surface area (Å²) in [6.07, 6.45) is 4.26. The van der Waals surface area contributed by atoms with E-state index in [0.29, 0.717) is 24.3 Å². The third-order valence-corrected chi connectivity index (χ3v) is 10.2. The summed E-state index contributed by atoms with van der Waals surface area (Å²) in [6.45, 7) is 0.352. The molecular formula is C36H30F4N2O6S. The summed E-state index contributed by atoms with van der Waals surface area (Å²) in [5, 5.41) is 5.41. The van der Waals surface area contributed by atoms with E-state index in [-0.39, 0.29) is 34.4 Å². The largest absolute Gasteiger partial charge is 0.501 e. The molecule has 8 nitrogen and oxygen atoms in total. The number of amides is 2. The molecule has 0 aliphatic heterocycles. The van der Waals surface area contributed by atoms with Crippen LogP contribution in [0.25, 0.3) is 11.1 Å². The van der Waals surface area contributed by atoms with Crippen LogP contribution in [0, 0.1) is 23.6 Å². The number of nitrogens with one attached hydrogen (secondary N) is 2. The van der Waals surface area contributed by atoms with E-state index in [0.717, 1.165) is 29.8 Å². The lowest BCUT2D eigenvalue weighted by molar-refractivity contribution is -0.121. The molecule has 2 bridgehead atoms. The molecule has 1 saturated carbocycles. The van der Waals surface area contributed by atoms with Crippen LogP contribution >= 0.6 is 0 Å². The number of alkyl halides is 3. The number of allylic oxidation sites excluding steroid dienone is 1. The van der Waals surface area contributed by atoms with Gasteiger partial charge in [-0.2, -0.15) is 13.2 Å². The smallest absolute Gasteiger partial charge is 0.496 e. The van der Waals surface area contributed by atoms with Crippen molar-refractivity contribution >= 4 is 27.3 Å². The summed E-state index contributed by atoms with van der Waals surface area (Å²) >= 11 is 0. The Morgan fingerprint density at radius 1 is 0.898 bits per heavy atom. The monoisotopic (exact) mass is 694 g/mol. The molecule has 2 N–H and O–H groups in total.